The maximum atomic E-state index is 5.99. The summed E-state index contributed by atoms with van der Waals surface area (Å²) in [6.45, 7) is 5.08. The Labute approximate surface area is 186 Å². The number of hydrogen-bond acceptors (Lipinski definition) is 5. The maximum Gasteiger partial charge on any atom is 0.191 e. The minimum absolute atomic E-state index is 0. The standard InChI is InChI=1S/C20H34N4O3.HI/c1-16(27-18-9-7-6-8-17(18)25-5)14-22-19(21-2)23-15-20(24(3)4)10-12-26-13-11-20;/h6-9,16H,10-15H2,1-5H3,(H2,21,22,23);1H. The molecule has 0 saturated carbocycles. The highest BCUT2D eigenvalue weighted by atomic mass is 127. The van der Waals surface area contributed by atoms with Gasteiger partial charge in [-0.3, -0.25) is 4.99 Å². The topological polar surface area (TPSA) is 67.4 Å². The SMILES string of the molecule is CN=C(NCC(C)Oc1ccccc1OC)NCC1(N(C)C)CCOCC1.I. The van der Waals surface area contributed by atoms with Crippen molar-refractivity contribution in [3.05, 3.63) is 24.3 Å². The van der Waals surface area contributed by atoms with Gasteiger partial charge in [-0.1, -0.05) is 12.1 Å². The van der Waals surface area contributed by atoms with E-state index in [1.54, 1.807) is 14.2 Å². The van der Waals surface area contributed by atoms with E-state index in [1.807, 2.05) is 31.2 Å². The van der Waals surface area contributed by atoms with Crippen molar-refractivity contribution in [1.29, 1.82) is 0 Å². The van der Waals surface area contributed by atoms with Gasteiger partial charge in [-0.25, -0.2) is 0 Å². The second-order valence-corrected chi connectivity index (χ2v) is 7.12. The molecule has 160 valence electrons. The molecule has 1 aromatic carbocycles. The summed E-state index contributed by atoms with van der Waals surface area (Å²) in [5.41, 5.74) is 0.0926. The summed E-state index contributed by atoms with van der Waals surface area (Å²) >= 11 is 0. The van der Waals surface area contributed by atoms with Crippen LogP contribution in [0, 0.1) is 0 Å². The van der Waals surface area contributed by atoms with Crippen LogP contribution in [0.4, 0.5) is 0 Å². The Morgan fingerprint density at radius 3 is 2.43 bits per heavy atom. The lowest BCUT2D eigenvalue weighted by atomic mass is 9.88. The van der Waals surface area contributed by atoms with E-state index in [9.17, 15) is 0 Å². The Bertz CT molecular complexity index is 607. The second kappa shape index (κ2) is 12.3. The van der Waals surface area contributed by atoms with Crippen molar-refractivity contribution in [2.45, 2.75) is 31.4 Å². The van der Waals surface area contributed by atoms with Crippen LogP contribution in [0.3, 0.4) is 0 Å². The number of hydrogen-bond donors (Lipinski definition) is 2. The van der Waals surface area contributed by atoms with E-state index in [1.165, 1.54) is 0 Å². The maximum absolute atomic E-state index is 5.99. The van der Waals surface area contributed by atoms with E-state index in [4.69, 9.17) is 14.2 Å². The van der Waals surface area contributed by atoms with E-state index in [0.29, 0.717) is 6.54 Å². The summed E-state index contributed by atoms with van der Waals surface area (Å²) in [5, 5.41) is 6.81. The van der Waals surface area contributed by atoms with Crippen molar-refractivity contribution < 1.29 is 14.2 Å². The van der Waals surface area contributed by atoms with Crippen LogP contribution in [0.15, 0.2) is 29.3 Å². The molecule has 1 aromatic rings. The molecule has 0 radical (unpaired) electrons. The summed E-state index contributed by atoms with van der Waals surface area (Å²) in [7, 11) is 7.69. The van der Waals surface area contributed by atoms with Gasteiger partial charge in [0.15, 0.2) is 17.5 Å². The van der Waals surface area contributed by atoms with Gasteiger partial charge in [0, 0.05) is 32.3 Å². The minimum atomic E-state index is -0.0364. The summed E-state index contributed by atoms with van der Waals surface area (Å²) < 4.78 is 16.9. The predicted molar refractivity (Wildman–Crippen MR) is 124 cm³/mol. The molecule has 1 heterocycles. The van der Waals surface area contributed by atoms with Crippen molar-refractivity contribution in [3.63, 3.8) is 0 Å². The quantitative estimate of drug-likeness (QED) is 0.321. The van der Waals surface area contributed by atoms with E-state index >= 15 is 0 Å². The zero-order chi connectivity index (χ0) is 19.7. The first-order chi connectivity index (χ1) is 13.0. The zero-order valence-corrected chi connectivity index (χ0v) is 20.0. The average molecular weight is 506 g/mol. The van der Waals surface area contributed by atoms with Gasteiger partial charge >= 0.3 is 0 Å². The molecule has 0 bridgehead atoms. The number of ether oxygens (including phenoxy) is 3. The molecule has 0 aliphatic carbocycles. The lowest BCUT2D eigenvalue weighted by molar-refractivity contribution is -0.00502. The number of nitrogens with zero attached hydrogens (tertiary/aromatic N) is 2. The average Bonchev–Trinajstić information content (AvgIpc) is 2.69. The van der Waals surface area contributed by atoms with Crippen LogP contribution in [0.25, 0.3) is 0 Å². The number of para-hydroxylation sites is 2. The van der Waals surface area contributed by atoms with Crippen molar-refractivity contribution >= 4 is 29.9 Å². The van der Waals surface area contributed by atoms with Crippen molar-refractivity contribution in [2.24, 2.45) is 4.99 Å². The smallest absolute Gasteiger partial charge is 0.191 e. The molecule has 1 fully saturated rings. The number of halogens is 1. The molecule has 1 aliphatic heterocycles. The second-order valence-electron chi connectivity index (χ2n) is 7.12. The lowest BCUT2D eigenvalue weighted by Gasteiger charge is -2.43. The van der Waals surface area contributed by atoms with Crippen LogP contribution in [0.2, 0.25) is 0 Å². The van der Waals surface area contributed by atoms with Crippen molar-refractivity contribution in [2.75, 3.05) is 54.6 Å². The van der Waals surface area contributed by atoms with E-state index < -0.39 is 0 Å². The molecular formula is C20H35IN4O3. The highest BCUT2D eigenvalue weighted by molar-refractivity contribution is 14.0. The molecular weight excluding hydrogens is 471 g/mol. The van der Waals surface area contributed by atoms with E-state index in [-0.39, 0.29) is 35.6 Å². The largest absolute Gasteiger partial charge is 0.493 e. The summed E-state index contributed by atoms with van der Waals surface area (Å²) in [4.78, 5) is 6.63. The molecule has 7 nitrogen and oxygen atoms in total. The first-order valence-electron chi connectivity index (χ1n) is 9.50. The van der Waals surface area contributed by atoms with E-state index in [0.717, 1.165) is 50.1 Å². The summed E-state index contributed by atoms with van der Waals surface area (Å²) in [5.74, 6) is 2.25. The Balaban J connectivity index is 0.00000392. The Morgan fingerprint density at radius 1 is 1.21 bits per heavy atom. The monoisotopic (exact) mass is 506 g/mol. The first kappa shape index (κ1) is 24.8. The molecule has 1 saturated heterocycles. The molecule has 0 spiro atoms. The number of guanidine groups is 1. The predicted octanol–water partition coefficient (Wildman–Crippen LogP) is 2.36. The van der Waals surface area contributed by atoms with Crippen LogP contribution in [0.1, 0.15) is 19.8 Å². The fourth-order valence-corrected chi connectivity index (χ4v) is 3.22. The molecule has 0 amide bonds. The molecule has 28 heavy (non-hydrogen) atoms. The van der Waals surface area contributed by atoms with Crippen LogP contribution < -0.4 is 20.1 Å². The van der Waals surface area contributed by atoms with Crippen LogP contribution in [-0.2, 0) is 4.74 Å². The molecule has 8 heteroatoms. The van der Waals surface area contributed by atoms with Gasteiger partial charge in [0.1, 0.15) is 6.10 Å². The van der Waals surface area contributed by atoms with E-state index in [2.05, 4.69) is 34.6 Å². The van der Waals surface area contributed by atoms with Crippen LogP contribution >= 0.6 is 24.0 Å². The number of aliphatic imine (C=N–C) groups is 1. The van der Waals surface area contributed by atoms with Crippen molar-refractivity contribution in [1.82, 2.24) is 15.5 Å². The molecule has 1 atom stereocenters. The van der Waals surface area contributed by atoms with Gasteiger partial charge in [-0.15, -0.1) is 24.0 Å². The Kier molecular flexibility index (Phi) is 10.9. The fraction of sp³-hybridized carbons (Fsp3) is 0.650. The molecule has 2 N–H and O–H groups in total. The number of rotatable bonds is 8. The Hall–Kier alpha value is -1.26. The van der Waals surface area contributed by atoms with Crippen molar-refractivity contribution in [3.8, 4) is 11.5 Å². The van der Waals surface area contributed by atoms with Gasteiger partial charge < -0.3 is 29.7 Å². The summed E-state index contributed by atoms with van der Waals surface area (Å²) in [6, 6.07) is 7.67. The van der Waals surface area contributed by atoms with Crippen LogP contribution in [-0.4, -0.2) is 77.1 Å². The highest BCUT2D eigenvalue weighted by Gasteiger charge is 2.34. The molecule has 1 unspecified atom stereocenters. The number of nitrogens with one attached hydrogen (secondary N) is 2. The number of benzene rings is 1. The minimum Gasteiger partial charge on any atom is -0.493 e. The third kappa shape index (κ3) is 6.97. The number of likely N-dealkylation sites (N-methyl/N-ethyl adjacent to an activating group) is 1. The van der Waals surface area contributed by atoms with Gasteiger partial charge in [-0.05, 0) is 46.0 Å². The van der Waals surface area contributed by atoms with Gasteiger partial charge in [-0.2, -0.15) is 0 Å². The van der Waals surface area contributed by atoms with Gasteiger partial charge in [0.2, 0.25) is 0 Å². The zero-order valence-electron chi connectivity index (χ0n) is 17.7. The van der Waals surface area contributed by atoms with Gasteiger partial charge in [0.25, 0.3) is 0 Å². The lowest BCUT2D eigenvalue weighted by Crippen LogP contribution is -2.57. The third-order valence-electron chi connectivity index (χ3n) is 5.13. The van der Waals surface area contributed by atoms with Gasteiger partial charge in [0.05, 0.1) is 13.7 Å². The molecule has 2 rings (SSSR count). The molecule has 1 aliphatic rings. The third-order valence-corrected chi connectivity index (χ3v) is 5.13. The van der Waals surface area contributed by atoms with Crippen LogP contribution in [0.5, 0.6) is 11.5 Å². The highest BCUT2D eigenvalue weighted by Crippen LogP contribution is 2.27. The first-order valence-corrected chi connectivity index (χ1v) is 9.50. The fourth-order valence-electron chi connectivity index (χ4n) is 3.22. The normalized spacial score (nSPS) is 17.4. The molecule has 0 aromatic heterocycles. The summed E-state index contributed by atoms with van der Waals surface area (Å²) in [6.07, 6.45) is 1.99. The number of methoxy groups -OCH3 is 1. The Morgan fingerprint density at radius 2 is 1.86 bits per heavy atom.